The lowest BCUT2D eigenvalue weighted by Crippen LogP contribution is -2.24. The summed E-state index contributed by atoms with van der Waals surface area (Å²) in [5.74, 6) is -0.239. The molecule has 1 aliphatic carbocycles. The van der Waals surface area contributed by atoms with Crippen molar-refractivity contribution in [3.63, 3.8) is 0 Å². The van der Waals surface area contributed by atoms with Crippen LogP contribution >= 0.6 is 0 Å². The Bertz CT molecular complexity index is 1250. The van der Waals surface area contributed by atoms with E-state index in [4.69, 9.17) is 5.53 Å². The summed E-state index contributed by atoms with van der Waals surface area (Å²) >= 11 is 0. The molecule has 0 spiro atoms. The molecule has 0 aliphatic heterocycles. The zero-order valence-electron chi connectivity index (χ0n) is 13.8. The Balaban J connectivity index is 2.12. The summed E-state index contributed by atoms with van der Waals surface area (Å²) in [5, 5.41) is 15.0. The molecule has 0 N–H and O–H groups in total. The highest BCUT2D eigenvalue weighted by atomic mass is 16.6. The molecule has 132 valence electrons. The molecule has 0 bridgehead atoms. The highest BCUT2D eigenvalue weighted by Crippen LogP contribution is 2.39. The van der Waals surface area contributed by atoms with Crippen molar-refractivity contribution in [1.29, 1.82) is 0 Å². The first kappa shape index (κ1) is 16.5. The molecule has 0 saturated heterocycles. The number of non-ortho nitro benzene ring substituents is 1. The second-order valence-corrected chi connectivity index (χ2v) is 6.00. The average molecular weight is 361 g/mol. The van der Waals surface area contributed by atoms with Crippen LogP contribution in [0.3, 0.4) is 0 Å². The van der Waals surface area contributed by atoms with Gasteiger partial charge < -0.3 is 4.57 Å². The lowest BCUT2D eigenvalue weighted by atomic mass is 10.0. The second-order valence-electron chi connectivity index (χ2n) is 6.00. The van der Waals surface area contributed by atoms with E-state index in [9.17, 15) is 19.7 Å². The number of azide groups is 1. The van der Waals surface area contributed by atoms with Gasteiger partial charge in [0.15, 0.2) is 5.78 Å². The van der Waals surface area contributed by atoms with Gasteiger partial charge in [-0.05, 0) is 11.6 Å². The maximum atomic E-state index is 13.1. The molecule has 1 heterocycles. The molecule has 0 atom stereocenters. The standard InChI is InChI=1S/C18H11N5O4/c19-21-20-7-8-22-16-12-3-1-2-4-13(12)17(24)15(16)11-6-5-10(23(26)27)9-14(11)18(22)25/h1-6,9H,7-8H2. The third-order valence-corrected chi connectivity index (χ3v) is 4.61. The predicted molar refractivity (Wildman–Crippen MR) is 97.7 cm³/mol. The van der Waals surface area contributed by atoms with Crippen molar-refractivity contribution in [3.8, 4) is 11.3 Å². The number of benzene rings is 2. The van der Waals surface area contributed by atoms with Crippen molar-refractivity contribution >= 4 is 22.2 Å². The first-order chi connectivity index (χ1) is 13.0. The van der Waals surface area contributed by atoms with Gasteiger partial charge >= 0.3 is 0 Å². The Labute approximate surface area is 151 Å². The van der Waals surface area contributed by atoms with Crippen molar-refractivity contribution in [1.82, 2.24) is 4.57 Å². The van der Waals surface area contributed by atoms with Crippen molar-refractivity contribution < 1.29 is 9.72 Å². The van der Waals surface area contributed by atoms with Crippen molar-refractivity contribution in [2.45, 2.75) is 6.54 Å². The molecule has 0 fully saturated rings. The third kappa shape index (κ3) is 2.37. The summed E-state index contributed by atoms with van der Waals surface area (Å²) in [7, 11) is 0. The van der Waals surface area contributed by atoms with Gasteiger partial charge in [-0.15, -0.1) is 0 Å². The van der Waals surface area contributed by atoms with Gasteiger partial charge in [0.25, 0.3) is 11.2 Å². The fraction of sp³-hybridized carbons (Fsp3) is 0.111. The maximum absolute atomic E-state index is 13.1. The number of nitrogens with zero attached hydrogens (tertiary/aromatic N) is 5. The maximum Gasteiger partial charge on any atom is 0.270 e. The highest BCUT2D eigenvalue weighted by Gasteiger charge is 2.32. The number of ketones is 1. The first-order valence-corrected chi connectivity index (χ1v) is 8.04. The van der Waals surface area contributed by atoms with Gasteiger partial charge in [-0.25, -0.2) is 0 Å². The highest BCUT2D eigenvalue weighted by molar-refractivity contribution is 6.26. The van der Waals surface area contributed by atoms with Gasteiger partial charge in [0.1, 0.15) is 0 Å². The Kier molecular flexibility index (Phi) is 3.71. The number of carbonyl (C=O) groups is 1. The van der Waals surface area contributed by atoms with Crippen molar-refractivity contribution in [2.75, 3.05) is 6.54 Å². The van der Waals surface area contributed by atoms with E-state index >= 15 is 0 Å². The summed E-state index contributed by atoms with van der Waals surface area (Å²) < 4.78 is 1.36. The van der Waals surface area contributed by atoms with Crippen LogP contribution in [0.4, 0.5) is 5.69 Å². The second kappa shape index (κ2) is 6.08. The van der Waals surface area contributed by atoms with E-state index in [2.05, 4.69) is 10.0 Å². The Morgan fingerprint density at radius 2 is 1.85 bits per heavy atom. The minimum atomic E-state index is -0.590. The monoisotopic (exact) mass is 361 g/mol. The molecule has 0 unspecified atom stereocenters. The number of nitro groups is 1. The molecule has 4 rings (SSSR count). The van der Waals surface area contributed by atoms with Crippen LogP contribution < -0.4 is 5.56 Å². The normalized spacial score (nSPS) is 11.8. The molecule has 9 heteroatoms. The number of aromatic nitrogens is 1. The molecule has 3 aromatic rings. The van der Waals surface area contributed by atoms with Crippen LogP contribution in [0.1, 0.15) is 15.9 Å². The van der Waals surface area contributed by atoms with Gasteiger partial charge in [0, 0.05) is 46.6 Å². The van der Waals surface area contributed by atoms with Gasteiger partial charge in [0.2, 0.25) is 0 Å². The molecule has 1 aliphatic rings. The van der Waals surface area contributed by atoms with E-state index in [1.54, 1.807) is 24.3 Å². The average Bonchev–Trinajstić information content (AvgIpc) is 2.97. The van der Waals surface area contributed by atoms with Crippen LogP contribution in [0.15, 0.2) is 52.4 Å². The van der Waals surface area contributed by atoms with Gasteiger partial charge in [-0.1, -0.05) is 29.4 Å². The molecule has 9 nitrogen and oxygen atoms in total. The predicted octanol–water partition coefficient (Wildman–Crippen LogP) is 3.43. The largest absolute Gasteiger partial charge is 0.307 e. The van der Waals surface area contributed by atoms with E-state index in [0.717, 1.165) is 0 Å². The lowest BCUT2D eigenvalue weighted by molar-refractivity contribution is -0.384. The minimum Gasteiger partial charge on any atom is -0.307 e. The van der Waals surface area contributed by atoms with Crippen LogP contribution in [-0.4, -0.2) is 21.8 Å². The topological polar surface area (TPSA) is 131 Å². The molecule has 0 amide bonds. The van der Waals surface area contributed by atoms with Crippen LogP contribution in [0.2, 0.25) is 0 Å². The third-order valence-electron chi connectivity index (χ3n) is 4.61. The smallest absolute Gasteiger partial charge is 0.270 e. The number of hydrogen-bond acceptors (Lipinski definition) is 5. The lowest BCUT2D eigenvalue weighted by Gasteiger charge is -2.14. The van der Waals surface area contributed by atoms with E-state index < -0.39 is 10.5 Å². The van der Waals surface area contributed by atoms with Crippen LogP contribution in [0, 0.1) is 10.1 Å². The number of nitro benzene ring substituents is 1. The summed E-state index contributed by atoms with van der Waals surface area (Å²) in [4.78, 5) is 39.2. The molecule has 1 aromatic heterocycles. The molecule has 2 aromatic carbocycles. The number of rotatable bonds is 4. The fourth-order valence-electron chi connectivity index (χ4n) is 3.49. The van der Waals surface area contributed by atoms with E-state index in [1.807, 2.05) is 0 Å². The molecular formula is C18H11N5O4. The zero-order chi connectivity index (χ0) is 19.1. The van der Waals surface area contributed by atoms with Gasteiger partial charge in [0.05, 0.1) is 21.6 Å². The van der Waals surface area contributed by atoms with Crippen LogP contribution in [0.25, 0.3) is 32.5 Å². The quantitative estimate of drug-likeness (QED) is 0.181. The summed E-state index contributed by atoms with van der Waals surface area (Å²) in [5.41, 5.74) is 9.70. The number of hydrogen-bond donors (Lipinski definition) is 0. The Morgan fingerprint density at radius 1 is 1.11 bits per heavy atom. The SMILES string of the molecule is [N-]=[N+]=NCCn1c2c(c3ccc([N+](=O)[O-])cc3c1=O)C(=O)c1ccccc1-2. The summed E-state index contributed by atoms with van der Waals surface area (Å²) in [6, 6.07) is 10.8. The zero-order valence-corrected chi connectivity index (χ0v) is 13.8. The summed E-state index contributed by atoms with van der Waals surface area (Å²) in [6.45, 7) is 0.0745. The molecule has 0 radical (unpaired) electrons. The van der Waals surface area contributed by atoms with Gasteiger partial charge in [-0.3, -0.25) is 19.7 Å². The Hall–Kier alpha value is -3.97. The fourth-order valence-corrected chi connectivity index (χ4v) is 3.49. The van der Waals surface area contributed by atoms with Crippen LogP contribution in [-0.2, 0) is 6.54 Å². The summed E-state index contributed by atoms with van der Waals surface area (Å²) in [6.07, 6.45) is 0. The number of fused-ring (bicyclic) bond motifs is 5. The first-order valence-electron chi connectivity index (χ1n) is 8.04. The van der Waals surface area contributed by atoms with E-state index in [0.29, 0.717) is 27.8 Å². The van der Waals surface area contributed by atoms with Crippen molar-refractivity contribution in [2.24, 2.45) is 5.11 Å². The van der Waals surface area contributed by atoms with E-state index in [1.165, 1.54) is 22.8 Å². The van der Waals surface area contributed by atoms with Crippen LogP contribution in [0.5, 0.6) is 0 Å². The molecule has 0 saturated carbocycles. The van der Waals surface area contributed by atoms with E-state index in [-0.39, 0.29) is 29.9 Å². The molecule has 27 heavy (non-hydrogen) atoms. The minimum absolute atomic E-state index is 0.0135. The number of carbonyl (C=O) groups excluding carboxylic acids is 1. The number of pyridine rings is 1. The molecular weight excluding hydrogens is 350 g/mol. The Morgan fingerprint density at radius 3 is 2.56 bits per heavy atom. The van der Waals surface area contributed by atoms with Gasteiger partial charge in [-0.2, -0.15) is 0 Å². The van der Waals surface area contributed by atoms with Crippen molar-refractivity contribution in [3.05, 3.63) is 84.5 Å².